The minimum absolute atomic E-state index is 0.0869. The monoisotopic (exact) mass is 373 g/mol. The van der Waals surface area contributed by atoms with Crippen LogP contribution in [0.3, 0.4) is 0 Å². The van der Waals surface area contributed by atoms with Crippen LogP contribution in [0.25, 0.3) is 10.6 Å². The van der Waals surface area contributed by atoms with Gasteiger partial charge in [0.1, 0.15) is 11.2 Å². The summed E-state index contributed by atoms with van der Waals surface area (Å²) < 4.78 is 0. The van der Waals surface area contributed by atoms with Crippen LogP contribution in [0.15, 0.2) is 53.7 Å². The van der Waals surface area contributed by atoms with Crippen molar-refractivity contribution in [1.82, 2.24) is 15.2 Å². The molecule has 8 nitrogen and oxygen atoms in total. The molecule has 3 rings (SSSR count). The first kappa shape index (κ1) is 17.0. The number of benzene rings is 1. The van der Waals surface area contributed by atoms with Crippen LogP contribution in [0, 0.1) is 10.1 Å². The Morgan fingerprint density at radius 3 is 2.68 bits per heavy atom. The van der Waals surface area contributed by atoms with Crippen molar-refractivity contribution in [1.29, 1.82) is 0 Å². The number of nitro groups is 1. The van der Waals surface area contributed by atoms with Gasteiger partial charge in [0.15, 0.2) is 0 Å². The van der Waals surface area contributed by atoms with Gasteiger partial charge in [-0.25, -0.2) is 4.98 Å². The van der Waals surface area contributed by atoms with Crippen LogP contribution >= 0.6 is 23.1 Å². The predicted molar refractivity (Wildman–Crippen MR) is 95.6 cm³/mol. The number of hydrogen-bond acceptors (Lipinski definition) is 8. The molecule has 0 fully saturated rings. The molecule has 126 valence electrons. The Morgan fingerprint density at radius 1 is 1.20 bits per heavy atom. The van der Waals surface area contributed by atoms with Crippen LogP contribution in [0.4, 0.5) is 10.8 Å². The van der Waals surface area contributed by atoms with Crippen LogP contribution in [-0.4, -0.2) is 31.8 Å². The van der Waals surface area contributed by atoms with E-state index in [0.29, 0.717) is 10.2 Å². The highest BCUT2D eigenvalue weighted by Crippen LogP contribution is 2.26. The molecule has 2 aromatic heterocycles. The lowest BCUT2D eigenvalue weighted by atomic mass is 10.2. The number of thioether (sulfide) groups is 1. The lowest BCUT2D eigenvalue weighted by Gasteiger charge is -2.01. The molecule has 0 saturated heterocycles. The molecule has 0 bridgehead atoms. The smallest absolute Gasteiger partial charge is 0.287 e. The number of nitrogens with zero attached hydrogens (tertiary/aromatic N) is 4. The molecule has 1 amide bonds. The third kappa shape index (κ3) is 4.58. The van der Waals surface area contributed by atoms with Crippen LogP contribution in [0.5, 0.6) is 0 Å². The number of nitrogens with one attached hydrogen (secondary N) is 1. The van der Waals surface area contributed by atoms with Crippen molar-refractivity contribution < 1.29 is 9.72 Å². The summed E-state index contributed by atoms with van der Waals surface area (Å²) in [6.07, 6.45) is 1.16. The van der Waals surface area contributed by atoms with Crippen LogP contribution < -0.4 is 5.32 Å². The van der Waals surface area contributed by atoms with Gasteiger partial charge in [0, 0.05) is 11.6 Å². The van der Waals surface area contributed by atoms with E-state index in [1.807, 2.05) is 30.3 Å². The first-order chi connectivity index (χ1) is 12.1. The van der Waals surface area contributed by atoms with E-state index in [0.717, 1.165) is 16.8 Å². The molecule has 25 heavy (non-hydrogen) atoms. The maximum absolute atomic E-state index is 12.0. The largest absolute Gasteiger partial charge is 0.300 e. The van der Waals surface area contributed by atoms with Gasteiger partial charge in [-0.3, -0.25) is 20.2 Å². The molecule has 3 aromatic rings. The van der Waals surface area contributed by atoms with Crippen LogP contribution in [0.2, 0.25) is 0 Å². The summed E-state index contributed by atoms with van der Waals surface area (Å²) in [6.45, 7) is 0. The topological polar surface area (TPSA) is 111 Å². The SMILES string of the molecule is O=C(CSc1ccc([N+](=O)[O-])cn1)Nc1nnc(-c2ccccc2)s1. The molecular weight excluding hydrogens is 362 g/mol. The Labute approximate surface area is 150 Å². The fourth-order valence-electron chi connectivity index (χ4n) is 1.83. The second-order valence-electron chi connectivity index (χ2n) is 4.73. The summed E-state index contributed by atoms with van der Waals surface area (Å²) in [5.41, 5.74) is 0.848. The zero-order chi connectivity index (χ0) is 17.6. The van der Waals surface area contributed by atoms with Gasteiger partial charge in [-0.15, -0.1) is 10.2 Å². The minimum atomic E-state index is -0.520. The number of rotatable bonds is 6. The molecular formula is C15H11N5O3S2. The fraction of sp³-hybridized carbons (Fsp3) is 0.0667. The average Bonchev–Trinajstić information content (AvgIpc) is 3.09. The van der Waals surface area contributed by atoms with Gasteiger partial charge in [-0.05, 0) is 6.07 Å². The van der Waals surface area contributed by atoms with Crippen molar-refractivity contribution in [3.05, 3.63) is 58.8 Å². The maximum Gasteiger partial charge on any atom is 0.287 e. The first-order valence-electron chi connectivity index (χ1n) is 7.04. The summed E-state index contributed by atoms with van der Waals surface area (Å²) in [5.74, 6) is -0.133. The van der Waals surface area contributed by atoms with Crippen LogP contribution in [0.1, 0.15) is 0 Å². The van der Waals surface area contributed by atoms with Gasteiger partial charge in [0.05, 0.1) is 15.7 Å². The Bertz CT molecular complexity index is 884. The second kappa shape index (κ2) is 7.81. The molecule has 0 saturated carbocycles. The Morgan fingerprint density at radius 2 is 2.00 bits per heavy atom. The second-order valence-corrected chi connectivity index (χ2v) is 6.70. The number of aromatic nitrogens is 3. The quantitative estimate of drug-likeness (QED) is 0.401. The molecule has 1 aromatic carbocycles. The zero-order valence-electron chi connectivity index (χ0n) is 12.7. The first-order valence-corrected chi connectivity index (χ1v) is 8.84. The standard InChI is InChI=1S/C15H11N5O3S2/c21-12(9-24-13-7-6-11(8-16-13)20(22)23)17-15-19-18-14(25-15)10-4-2-1-3-5-10/h1-8H,9H2,(H,17,19,21). The van der Waals surface area contributed by atoms with Gasteiger partial charge >= 0.3 is 0 Å². The van der Waals surface area contributed by atoms with Gasteiger partial charge < -0.3 is 0 Å². The average molecular weight is 373 g/mol. The summed E-state index contributed by atoms with van der Waals surface area (Å²) >= 11 is 2.47. The van der Waals surface area contributed by atoms with Gasteiger partial charge in [-0.2, -0.15) is 0 Å². The number of amides is 1. The van der Waals surface area contributed by atoms with Crippen LogP contribution in [-0.2, 0) is 4.79 Å². The van der Waals surface area contributed by atoms with Gasteiger partial charge in [0.2, 0.25) is 11.0 Å². The van der Waals surface area contributed by atoms with E-state index in [4.69, 9.17) is 0 Å². The van der Waals surface area contributed by atoms with E-state index in [-0.39, 0.29) is 17.3 Å². The third-order valence-corrected chi connectivity index (χ3v) is 4.81. The molecule has 0 unspecified atom stereocenters. The molecule has 0 aliphatic heterocycles. The maximum atomic E-state index is 12.0. The number of anilines is 1. The van der Waals surface area contributed by atoms with E-state index in [9.17, 15) is 14.9 Å². The summed E-state index contributed by atoms with van der Waals surface area (Å²) in [5, 5.41) is 22.9. The summed E-state index contributed by atoms with van der Waals surface area (Å²) in [4.78, 5) is 26.0. The number of carbonyl (C=O) groups excluding carboxylic acids is 1. The van der Waals surface area contributed by atoms with Gasteiger partial charge in [0.25, 0.3) is 5.69 Å². The molecule has 0 aliphatic carbocycles. The van der Waals surface area contributed by atoms with Crippen molar-refractivity contribution in [2.75, 3.05) is 11.1 Å². The third-order valence-electron chi connectivity index (χ3n) is 2.97. The van der Waals surface area contributed by atoms with Gasteiger partial charge in [-0.1, -0.05) is 53.4 Å². The van der Waals surface area contributed by atoms with E-state index >= 15 is 0 Å². The van der Waals surface area contributed by atoms with E-state index in [1.165, 1.54) is 35.2 Å². The van der Waals surface area contributed by atoms with Crippen molar-refractivity contribution in [3.63, 3.8) is 0 Å². The minimum Gasteiger partial charge on any atom is -0.300 e. The molecule has 0 spiro atoms. The summed E-state index contributed by atoms with van der Waals surface area (Å²) in [6, 6.07) is 12.4. The van der Waals surface area contributed by atoms with E-state index in [2.05, 4.69) is 20.5 Å². The molecule has 0 aliphatic rings. The summed E-state index contributed by atoms with van der Waals surface area (Å²) in [7, 11) is 0. The van der Waals surface area contributed by atoms with Crippen molar-refractivity contribution in [2.24, 2.45) is 0 Å². The highest BCUT2D eigenvalue weighted by atomic mass is 32.2. The van der Waals surface area contributed by atoms with Crippen molar-refractivity contribution in [2.45, 2.75) is 5.03 Å². The number of pyridine rings is 1. The van der Waals surface area contributed by atoms with E-state index < -0.39 is 4.92 Å². The fourth-order valence-corrected chi connectivity index (χ4v) is 3.24. The molecule has 2 heterocycles. The Hall–Kier alpha value is -2.85. The van der Waals surface area contributed by atoms with Crippen molar-refractivity contribution >= 4 is 39.8 Å². The number of carbonyl (C=O) groups is 1. The molecule has 0 radical (unpaired) electrons. The molecule has 10 heteroatoms. The highest BCUT2D eigenvalue weighted by molar-refractivity contribution is 7.99. The predicted octanol–water partition coefficient (Wildman–Crippen LogP) is 3.24. The number of hydrogen-bond donors (Lipinski definition) is 1. The normalized spacial score (nSPS) is 10.4. The van der Waals surface area contributed by atoms with E-state index in [1.54, 1.807) is 0 Å². The lowest BCUT2D eigenvalue weighted by Crippen LogP contribution is -2.13. The Kier molecular flexibility index (Phi) is 5.31. The lowest BCUT2D eigenvalue weighted by molar-refractivity contribution is -0.385. The zero-order valence-corrected chi connectivity index (χ0v) is 14.3. The van der Waals surface area contributed by atoms with Crippen molar-refractivity contribution in [3.8, 4) is 10.6 Å². The Balaban J connectivity index is 1.54. The molecule has 0 atom stereocenters. The molecule has 1 N–H and O–H groups in total. The highest BCUT2D eigenvalue weighted by Gasteiger charge is 2.11.